The molecule has 0 aliphatic heterocycles. The number of aliphatic carboxylic acids is 1. The average molecular weight is 330 g/mol. The molecule has 0 saturated heterocycles. The highest BCUT2D eigenvalue weighted by molar-refractivity contribution is 5.66. The molecule has 0 radical (unpaired) electrons. The van der Waals surface area contributed by atoms with E-state index in [-0.39, 0.29) is 12.5 Å². The van der Waals surface area contributed by atoms with Gasteiger partial charge in [0.1, 0.15) is 0 Å². The van der Waals surface area contributed by atoms with Gasteiger partial charge in [-0.1, -0.05) is 31.4 Å². The van der Waals surface area contributed by atoms with Gasteiger partial charge < -0.3 is 20.4 Å². The molecule has 0 aromatic carbocycles. The lowest BCUT2D eigenvalue weighted by atomic mass is 10.0. The number of allylic oxidation sites excluding steroid dienone is 1. The molecule has 3 atom stereocenters. The van der Waals surface area contributed by atoms with Crippen molar-refractivity contribution in [2.45, 2.75) is 95.9 Å². The third kappa shape index (κ3) is 15.8. The van der Waals surface area contributed by atoms with E-state index in [1.165, 1.54) is 0 Å². The minimum Gasteiger partial charge on any atom is -0.481 e. The van der Waals surface area contributed by atoms with Gasteiger partial charge in [0.2, 0.25) is 0 Å². The Bertz CT molecular complexity index is 315. The fourth-order valence-electron chi connectivity index (χ4n) is 2.39. The van der Waals surface area contributed by atoms with Gasteiger partial charge in [-0.3, -0.25) is 4.79 Å². The van der Waals surface area contributed by atoms with Crippen LogP contribution in [0.4, 0.5) is 0 Å². The zero-order valence-electron chi connectivity index (χ0n) is 14.4. The van der Waals surface area contributed by atoms with E-state index in [1.807, 2.05) is 12.2 Å². The van der Waals surface area contributed by atoms with Crippen LogP contribution in [0.2, 0.25) is 0 Å². The SMILES string of the molecule is CC(O)CCCC(O)C(O)C/C=C\CCCCCCCC(=O)O. The Labute approximate surface area is 140 Å². The standard InChI is InChI=1S/C18H34O5/c1-15(19)11-10-13-17(21)16(20)12-8-6-4-2-3-5-7-9-14-18(22)23/h6,8,15-17,19-21H,2-5,7,9-14H2,1H3,(H,22,23)/b8-6-. The van der Waals surface area contributed by atoms with Crippen LogP contribution in [-0.4, -0.2) is 44.7 Å². The van der Waals surface area contributed by atoms with E-state index in [0.717, 1.165) is 38.5 Å². The number of carbonyl (C=O) groups is 1. The molecule has 0 amide bonds. The summed E-state index contributed by atoms with van der Waals surface area (Å²) in [5.41, 5.74) is 0. The molecule has 136 valence electrons. The summed E-state index contributed by atoms with van der Waals surface area (Å²) >= 11 is 0. The monoisotopic (exact) mass is 330 g/mol. The van der Waals surface area contributed by atoms with Gasteiger partial charge in [-0.15, -0.1) is 0 Å². The van der Waals surface area contributed by atoms with Crippen LogP contribution < -0.4 is 0 Å². The van der Waals surface area contributed by atoms with Crippen LogP contribution >= 0.6 is 0 Å². The van der Waals surface area contributed by atoms with E-state index in [4.69, 9.17) is 10.2 Å². The third-order valence-corrected chi connectivity index (χ3v) is 3.87. The highest BCUT2D eigenvalue weighted by Gasteiger charge is 2.14. The maximum atomic E-state index is 10.3. The number of aliphatic hydroxyl groups excluding tert-OH is 3. The van der Waals surface area contributed by atoms with Gasteiger partial charge in [0.15, 0.2) is 0 Å². The lowest BCUT2D eigenvalue weighted by molar-refractivity contribution is -0.137. The van der Waals surface area contributed by atoms with Crippen LogP contribution in [0.5, 0.6) is 0 Å². The van der Waals surface area contributed by atoms with E-state index in [2.05, 4.69) is 0 Å². The Morgan fingerprint density at radius 1 is 0.870 bits per heavy atom. The molecule has 5 heteroatoms. The van der Waals surface area contributed by atoms with E-state index < -0.39 is 18.2 Å². The summed E-state index contributed by atoms with van der Waals surface area (Å²) in [5.74, 6) is -0.723. The summed E-state index contributed by atoms with van der Waals surface area (Å²) in [6, 6.07) is 0. The molecule has 0 bridgehead atoms. The molecule has 4 N–H and O–H groups in total. The molecule has 0 aliphatic carbocycles. The molecule has 0 spiro atoms. The molecule has 23 heavy (non-hydrogen) atoms. The Hall–Kier alpha value is -0.910. The number of unbranched alkanes of at least 4 members (excludes halogenated alkanes) is 5. The summed E-state index contributed by atoms with van der Waals surface area (Å²) in [5, 5.41) is 37.3. The minimum atomic E-state index is -0.740. The topological polar surface area (TPSA) is 98.0 Å². The molecular weight excluding hydrogens is 296 g/mol. The first-order valence-corrected chi connectivity index (χ1v) is 8.84. The van der Waals surface area contributed by atoms with E-state index >= 15 is 0 Å². The first kappa shape index (κ1) is 22.1. The van der Waals surface area contributed by atoms with Crippen LogP contribution in [0, 0.1) is 0 Å². The number of hydrogen-bond acceptors (Lipinski definition) is 4. The quantitative estimate of drug-likeness (QED) is 0.273. The maximum absolute atomic E-state index is 10.3. The summed E-state index contributed by atoms with van der Waals surface area (Å²) in [6.45, 7) is 1.72. The number of rotatable bonds is 15. The van der Waals surface area contributed by atoms with Gasteiger partial charge in [0.05, 0.1) is 18.3 Å². The third-order valence-electron chi connectivity index (χ3n) is 3.87. The molecule has 0 rings (SSSR count). The first-order valence-electron chi connectivity index (χ1n) is 8.84. The number of hydrogen-bond donors (Lipinski definition) is 4. The van der Waals surface area contributed by atoms with Crippen LogP contribution in [0.15, 0.2) is 12.2 Å². The van der Waals surface area contributed by atoms with Crippen LogP contribution in [-0.2, 0) is 4.79 Å². The van der Waals surface area contributed by atoms with Crippen molar-refractivity contribution in [3.8, 4) is 0 Å². The summed E-state index contributed by atoms with van der Waals surface area (Å²) in [6.07, 6.45) is 10.6. The van der Waals surface area contributed by atoms with E-state index in [9.17, 15) is 15.0 Å². The fourth-order valence-corrected chi connectivity index (χ4v) is 2.39. The Morgan fingerprint density at radius 3 is 2.17 bits per heavy atom. The molecule has 5 nitrogen and oxygen atoms in total. The van der Waals surface area contributed by atoms with Gasteiger partial charge in [-0.25, -0.2) is 0 Å². The maximum Gasteiger partial charge on any atom is 0.303 e. The molecule has 0 heterocycles. The Morgan fingerprint density at radius 2 is 1.52 bits per heavy atom. The smallest absolute Gasteiger partial charge is 0.303 e. The predicted octanol–water partition coefficient (Wildman–Crippen LogP) is 3.02. The highest BCUT2D eigenvalue weighted by Crippen LogP contribution is 2.11. The number of carboxylic acids is 1. The molecule has 0 aromatic heterocycles. The van der Waals surface area contributed by atoms with Gasteiger partial charge in [-0.2, -0.15) is 0 Å². The molecule has 0 saturated carbocycles. The second-order valence-electron chi connectivity index (χ2n) is 6.32. The van der Waals surface area contributed by atoms with Crippen LogP contribution in [0.25, 0.3) is 0 Å². The Kier molecular flexibility index (Phi) is 14.1. The second kappa shape index (κ2) is 14.7. The Balaban J connectivity index is 3.48. The summed E-state index contributed by atoms with van der Waals surface area (Å²) < 4.78 is 0. The van der Waals surface area contributed by atoms with Crippen molar-refractivity contribution in [1.82, 2.24) is 0 Å². The van der Waals surface area contributed by atoms with E-state index in [0.29, 0.717) is 25.7 Å². The lowest BCUT2D eigenvalue weighted by Gasteiger charge is -2.16. The van der Waals surface area contributed by atoms with Crippen molar-refractivity contribution in [2.24, 2.45) is 0 Å². The molecule has 0 aliphatic rings. The lowest BCUT2D eigenvalue weighted by Crippen LogP contribution is -2.25. The second-order valence-corrected chi connectivity index (χ2v) is 6.32. The zero-order chi connectivity index (χ0) is 17.5. The van der Waals surface area contributed by atoms with Crippen molar-refractivity contribution in [1.29, 1.82) is 0 Å². The molecular formula is C18H34O5. The molecule has 0 fully saturated rings. The van der Waals surface area contributed by atoms with Crippen LogP contribution in [0.3, 0.4) is 0 Å². The van der Waals surface area contributed by atoms with E-state index in [1.54, 1.807) is 6.92 Å². The minimum absolute atomic E-state index is 0.261. The van der Waals surface area contributed by atoms with Crippen molar-refractivity contribution < 1.29 is 25.2 Å². The van der Waals surface area contributed by atoms with Crippen molar-refractivity contribution >= 4 is 5.97 Å². The summed E-state index contributed by atoms with van der Waals surface area (Å²) in [4.78, 5) is 10.3. The fraction of sp³-hybridized carbons (Fsp3) is 0.833. The van der Waals surface area contributed by atoms with Gasteiger partial charge >= 0.3 is 5.97 Å². The number of carboxylic acid groups (broad SMARTS) is 1. The summed E-state index contributed by atoms with van der Waals surface area (Å²) in [7, 11) is 0. The van der Waals surface area contributed by atoms with Crippen molar-refractivity contribution in [3.05, 3.63) is 12.2 Å². The van der Waals surface area contributed by atoms with Crippen molar-refractivity contribution in [3.63, 3.8) is 0 Å². The average Bonchev–Trinajstić information content (AvgIpc) is 2.48. The largest absolute Gasteiger partial charge is 0.481 e. The molecule has 0 aromatic rings. The highest BCUT2D eigenvalue weighted by atomic mass is 16.4. The zero-order valence-corrected chi connectivity index (χ0v) is 14.4. The van der Waals surface area contributed by atoms with Gasteiger partial charge in [-0.05, 0) is 51.9 Å². The first-order chi connectivity index (χ1) is 10.9. The van der Waals surface area contributed by atoms with Gasteiger partial charge in [0, 0.05) is 6.42 Å². The normalized spacial score (nSPS) is 15.7. The molecule has 3 unspecified atom stereocenters. The van der Waals surface area contributed by atoms with Crippen molar-refractivity contribution in [2.75, 3.05) is 0 Å². The predicted molar refractivity (Wildman–Crippen MR) is 91.3 cm³/mol. The van der Waals surface area contributed by atoms with Crippen LogP contribution in [0.1, 0.15) is 77.6 Å². The number of aliphatic hydroxyl groups is 3. The van der Waals surface area contributed by atoms with Gasteiger partial charge in [0.25, 0.3) is 0 Å².